The van der Waals surface area contributed by atoms with Crippen LogP contribution in [0.25, 0.3) is 11.1 Å². The van der Waals surface area contributed by atoms with Crippen LogP contribution >= 0.6 is 0 Å². The van der Waals surface area contributed by atoms with E-state index in [1.165, 1.54) is 0 Å². The number of nitrogens with one attached hydrogen (secondary N) is 1. The first kappa shape index (κ1) is 15.8. The van der Waals surface area contributed by atoms with Crippen molar-refractivity contribution < 1.29 is 5.11 Å². The van der Waals surface area contributed by atoms with Crippen molar-refractivity contribution in [2.75, 3.05) is 24.5 Å². The number of aliphatic hydroxyl groups excluding tert-OH is 1. The van der Waals surface area contributed by atoms with Crippen LogP contribution in [0, 0.1) is 0 Å². The van der Waals surface area contributed by atoms with Gasteiger partial charge in [-0.2, -0.15) is 0 Å². The maximum Gasteiger partial charge on any atom is 0.225 e. The van der Waals surface area contributed by atoms with Crippen LogP contribution in [-0.4, -0.2) is 45.8 Å². The van der Waals surface area contributed by atoms with E-state index in [0.29, 0.717) is 0 Å². The summed E-state index contributed by atoms with van der Waals surface area (Å²) in [4.78, 5) is 15.4. The molecule has 0 aromatic carbocycles. The van der Waals surface area contributed by atoms with Crippen molar-refractivity contribution in [1.29, 1.82) is 0 Å². The molecule has 0 spiro atoms. The third kappa shape index (κ3) is 4.03. The Labute approximate surface area is 136 Å². The maximum absolute atomic E-state index is 9.57. The van der Waals surface area contributed by atoms with E-state index in [1.807, 2.05) is 24.8 Å². The smallest absolute Gasteiger partial charge is 0.225 e. The standard InChI is InChI=1S/C17H23N5O/c1-2-18-8-13-7-14(10-19-9-13)15-11-20-17(21-12-15)22-5-3-16(23)4-6-22/h7,9-12,16,18,23H,2-6,8H2,1H3. The average Bonchev–Trinajstić information content (AvgIpc) is 2.61. The van der Waals surface area contributed by atoms with E-state index in [-0.39, 0.29) is 6.10 Å². The van der Waals surface area contributed by atoms with Crippen LogP contribution in [0.15, 0.2) is 30.9 Å². The predicted octanol–water partition coefficient (Wildman–Crippen LogP) is 1.61. The lowest BCUT2D eigenvalue weighted by Gasteiger charge is -2.29. The van der Waals surface area contributed by atoms with Crippen LogP contribution in [-0.2, 0) is 6.54 Å². The molecule has 0 bridgehead atoms. The first-order chi connectivity index (χ1) is 11.3. The van der Waals surface area contributed by atoms with Crippen LogP contribution in [0.2, 0.25) is 0 Å². The number of piperidine rings is 1. The van der Waals surface area contributed by atoms with Crippen LogP contribution in [0.4, 0.5) is 5.95 Å². The summed E-state index contributed by atoms with van der Waals surface area (Å²) >= 11 is 0. The number of hydrogen-bond donors (Lipinski definition) is 2. The summed E-state index contributed by atoms with van der Waals surface area (Å²) in [5, 5.41) is 12.9. The summed E-state index contributed by atoms with van der Waals surface area (Å²) in [6.07, 6.45) is 8.79. The molecule has 2 aromatic heterocycles. The van der Waals surface area contributed by atoms with Crippen molar-refractivity contribution in [1.82, 2.24) is 20.3 Å². The molecule has 0 atom stereocenters. The van der Waals surface area contributed by atoms with Gasteiger partial charge in [-0.25, -0.2) is 9.97 Å². The molecule has 3 rings (SSSR count). The molecule has 3 heterocycles. The lowest BCUT2D eigenvalue weighted by molar-refractivity contribution is 0.145. The number of aromatic nitrogens is 3. The van der Waals surface area contributed by atoms with Crippen molar-refractivity contribution in [2.45, 2.75) is 32.4 Å². The van der Waals surface area contributed by atoms with Gasteiger partial charge in [0.2, 0.25) is 5.95 Å². The topological polar surface area (TPSA) is 74.2 Å². The fourth-order valence-corrected chi connectivity index (χ4v) is 2.71. The zero-order valence-corrected chi connectivity index (χ0v) is 13.4. The van der Waals surface area contributed by atoms with Gasteiger partial charge in [-0.05, 0) is 31.0 Å². The highest BCUT2D eigenvalue weighted by Crippen LogP contribution is 2.21. The van der Waals surface area contributed by atoms with E-state index in [2.05, 4.69) is 38.2 Å². The van der Waals surface area contributed by atoms with Crippen molar-refractivity contribution in [3.05, 3.63) is 36.4 Å². The number of hydrogen-bond acceptors (Lipinski definition) is 6. The first-order valence-electron chi connectivity index (χ1n) is 8.16. The van der Waals surface area contributed by atoms with Gasteiger partial charge in [0.1, 0.15) is 0 Å². The molecule has 0 saturated carbocycles. The van der Waals surface area contributed by atoms with E-state index < -0.39 is 0 Å². The molecule has 0 radical (unpaired) electrons. The van der Waals surface area contributed by atoms with E-state index in [9.17, 15) is 5.11 Å². The number of anilines is 1. The van der Waals surface area contributed by atoms with Crippen LogP contribution in [0.5, 0.6) is 0 Å². The number of pyridine rings is 1. The highest BCUT2D eigenvalue weighted by Gasteiger charge is 2.18. The minimum absolute atomic E-state index is 0.184. The third-order valence-electron chi connectivity index (χ3n) is 4.09. The molecule has 6 heteroatoms. The summed E-state index contributed by atoms with van der Waals surface area (Å²) in [5.41, 5.74) is 3.15. The quantitative estimate of drug-likeness (QED) is 0.873. The second-order valence-corrected chi connectivity index (χ2v) is 5.85. The first-order valence-corrected chi connectivity index (χ1v) is 8.16. The monoisotopic (exact) mass is 313 g/mol. The SMILES string of the molecule is CCNCc1cncc(-c2cnc(N3CCC(O)CC3)nc2)c1. The second-order valence-electron chi connectivity index (χ2n) is 5.85. The molecule has 2 N–H and O–H groups in total. The molecule has 1 saturated heterocycles. The van der Waals surface area contributed by atoms with Crippen LogP contribution in [0.1, 0.15) is 25.3 Å². The Kier molecular flexibility index (Phi) is 5.15. The molecule has 0 unspecified atom stereocenters. The number of aliphatic hydroxyl groups is 1. The molecule has 1 fully saturated rings. The summed E-state index contributed by atoms with van der Waals surface area (Å²) < 4.78 is 0. The van der Waals surface area contributed by atoms with Crippen molar-refractivity contribution in [2.24, 2.45) is 0 Å². The van der Waals surface area contributed by atoms with Gasteiger partial charge in [-0.15, -0.1) is 0 Å². The molecule has 122 valence electrons. The average molecular weight is 313 g/mol. The Hall–Kier alpha value is -2.05. The van der Waals surface area contributed by atoms with Crippen molar-refractivity contribution in [3.8, 4) is 11.1 Å². The van der Waals surface area contributed by atoms with Crippen molar-refractivity contribution in [3.63, 3.8) is 0 Å². The van der Waals surface area contributed by atoms with Gasteiger partial charge >= 0.3 is 0 Å². The Bertz CT molecular complexity index is 623. The lowest BCUT2D eigenvalue weighted by Crippen LogP contribution is -2.36. The van der Waals surface area contributed by atoms with Gasteiger partial charge < -0.3 is 15.3 Å². The zero-order chi connectivity index (χ0) is 16.1. The summed E-state index contributed by atoms with van der Waals surface area (Å²) in [6.45, 7) is 5.45. The number of rotatable bonds is 5. The largest absolute Gasteiger partial charge is 0.393 e. The van der Waals surface area contributed by atoms with Gasteiger partial charge in [0.05, 0.1) is 6.10 Å². The summed E-state index contributed by atoms with van der Waals surface area (Å²) in [6, 6.07) is 2.12. The van der Waals surface area contributed by atoms with Gasteiger partial charge in [-0.1, -0.05) is 6.92 Å². The molecule has 2 aromatic rings. The highest BCUT2D eigenvalue weighted by molar-refractivity contribution is 5.61. The molecular weight excluding hydrogens is 290 g/mol. The Morgan fingerprint density at radius 1 is 1.13 bits per heavy atom. The Morgan fingerprint density at radius 2 is 1.87 bits per heavy atom. The molecule has 0 aliphatic carbocycles. The minimum atomic E-state index is -0.184. The Morgan fingerprint density at radius 3 is 2.57 bits per heavy atom. The predicted molar refractivity (Wildman–Crippen MR) is 90.1 cm³/mol. The third-order valence-corrected chi connectivity index (χ3v) is 4.09. The van der Waals surface area contributed by atoms with E-state index in [1.54, 1.807) is 0 Å². The molecule has 0 amide bonds. The summed E-state index contributed by atoms with van der Waals surface area (Å²) in [7, 11) is 0. The van der Waals surface area contributed by atoms with E-state index >= 15 is 0 Å². The Balaban J connectivity index is 1.72. The summed E-state index contributed by atoms with van der Waals surface area (Å²) in [5.74, 6) is 0.734. The lowest BCUT2D eigenvalue weighted by atomic mass is 10.1. The van der Waals surface area contributed by atoms with Crippen molar-refractivity contribution >= 4 is 5.95 Å². The molecule has 1 aliphatic rings. The second kappa shape index (κ2) is 7.48. The fourth-order valence-electron chi connectivity index (χ4n) is 2.71. The zero-order valence-electron chi connectivity index (χ0n) is 13.4. The molecule has 1 aliphatic heterocycles. The van der Waals surface area contributed by atoms with Crippen LogP contribution in [0.3, 0.4) is 0 Å². The van der Waals surface area contributed by atoms with E-state index in [0.717, 1.165) is 61.7 Å². The molecule has 23 heavy (non-hydrogen) atoms. The molecule has 6 nitrogen and oxygen atoms in total. The van der Waals surface area contributed by atoms with Gasteiger partial charge in [0.25, 0.3) is 0 Å². The van der Waals surface area contributed by atoms with Crippen LogP contribution < -0.4 is 10.2 Å². The van der Waals surface area contributed by atoms with Gasteiger partial charge in [0.15, 0.2) is 0 Å². The van der Waals surface area contributed by atoms with E-state index in [4.69, 9.17) is 0 Å². The fraction of sp³-hybridized carbons (Fsp3) is 0.471. The van der Waals surface area contributed by atoms with Gasteiger partial charge in [-0.3, -0.25) is 4.98 Å². The van der Waals surface area contributed by atoms with Gasteiger partial charge in [0, 0.05) is 55.5 Å². The number of nitrogens with zero attached hydrogens (tertiary/aromatic N) is 4. The highest BCUT2D eigenvalue weighted by atomic mass is 16.3. The minimum Gasteiger partial charge on any atom is -0.393 e. The molecular formula is C17H23N5O. The normalized spacial score (nSPS) is 15.8. The maximum atomic E-state index is 9.57.